The van der Waals surface area contributed by atoms with E-state index in [0.717, 1.165) is 18.6 Å². The molecule has 8 nitrogen and oxygen atoms in total. The maximum Gasteiger partial charge on any atom is 0.407 e. The van der Waals surface area contributed by atoms with E-state index in [4.69, 9.17) is 15.7 Å². The van der Waals surface area contributed by atoms with E-state index in [0.29, 0.717) is 18.9 Å². The highest BCUT2D eigenvalue weighted by Crippen LogP contribution is 2.28. The van der Waals surface area contributed by atoms with Crippen molar-refractivity contribution in [2.45, 2.75) is 45.8 Å². The number of amides is 1. The van der Waals surface area contributed by atoms with E-state index in [1.54, 1.807) is 26.8 Å². The predicted octanol–water partition coefficient (Wildman–Crippen LogP) is 3.62. The Bertz CT molecular complexity index is 1040. The van der Waals surface area contributed by atoms with Crippen molar-refractivity contribution >= 4 is 17.9 Å². The van der Waals surface area contributed by atoms with Gasteiger partial charge in [0.25, 0.3) is 0 Å². The van der Waals surface area contributed by atoms with E-state index < -0.39 is 28.9 Å². The Hall–Kier alpha value is -3.48. The van der Waals surface area contributed by atoms with Crippen molar-refractivity contribution < 1.29 is 18.3 Å². The molecule has 2 atom stereocenters. The summed E-state index contributed by atoms with van der Waals surface area (Å²) in [6.07, 6.45) is 0.262. The van der Waals surface area contributed by atoms with Gasteiger partial charge in [0, 0.05) is 24.7 Å². The van der Waals surface area contributed by atoms with Gasteiger partial charge in [-0.1, -0.05) is 6.92 Å². The minimum Gasteiger partial charge on any atom is -0.444 e. The molecule has 1 fully saturated rings. The van der Waals surface area contributed by atoms with Crippen LogP contribution in [0.25, 0.3) is 11.3 Å². The molecule has 1 aromatic carbocycles. The third kappa shape index (κ3) is 5.60. The Kier molecular flexibility index (Phi) is 6.48. The van der Waals surface area contributed by atoms with Crippen molar-refractivity contribution in [2.75, 3.05) is 23.7 Å². The van der Waals surface area contributed by atoms with Crippen molar-refractivity contribution in [3.05, 3.63) is 35.4 Å². The molecule has 3 N–H and O–H groups in total. The number of ether oxygens (including phenoxy) is 1. The van der Waals surface area contributed by atoms with Crippen molar-refractivity contribution in [3.8, 4) is 17.3 Å². The van der Waals surface area contributed by atoms with E-state index >= 15 is 0 Å². The van der Waals surface area contributed by atoms with Gasteiger partial charge in [0.1, 0.15) is 34.7 Å². The number of nitriles is 1. The van der Waals surface area contributed by atoms with Gasteiger partial charge in [-0.3, -0.25) is 0 Å². The third-order valence-electron chi connectivity index (χ3n) is 4.88. The van der Waals surface area contributed by atoms with Crippen LogP contribution >= 0.6 is 0 Å². The lowest BCUT2D eigenvalue weighted by Crippen LogP contribution is -2.51. The van der Waals surface area contributed by atoms with Crippen LogP contribution in [0.4, 0.5) is 25.3 Å². The highest BCUT2D eigenvalue weighted by Gasteiger charge is 2.29. The average Bonchev–Trinajstić information content (AvgIpc) is 2.65. The largest absolute Gasteiger partial charge is 0.444 e. The van der Waals surface area contributed by atoms with Crippen LogP contribution in [0.5, 0.6) is 0 Å². The van der Waals surface area contributed by atoms with Crippen LogP contribution in [0.1, 0.15) is 39.7 Å². The summed E-state index contributed by atoms with van der Waals surface area (Å²) in [6.45, 7) is 8.54. The first-order chi connectivity index (χ1) is 14.9. The zero-order valence-corrected chi connectivity index (χ0v) is 18.4. The minimum atomic E-state index is -0.977. The van der Waals surface area contributed by atoms with Gasteiger partial charge in [-0.25, -0.2) is 18.6 Å². The molecule has 0 radical (unpaired) electrons. The lowest BCUT2D eigenvalue weighted by atomic mass is 9.96. The summed E-state index contributed by atoms with van der Waals surface area (Å²) in [4.78, 5) is 22.5. The second-order valence-corrected chi connectivity index (χ2v) is 8.99. The van der Waals surface area contributed by atoms with E-state index in [-0.39, 0.29) is 29.2 Å². The Labute approximate surface area is 185 Å². The molecule has 1 aromatic heterocycles. The van der Waals surface area contributed by atoms with Gasteiger partial charge >= 0.3 is 6.09 Å². The van der Waals surface area contributed by atoms with E-state index in [9.17, 15) is 13.6 Å². The number of hydrogen-bond donors (Lipinski definition) is 2. The molecule has 1 amide bonds. The second-order valence-electron chi connectivity index (χ2n) is 8.99. The monoisotopic (exact) mass is 444 g/mol. The molecule has 0 saturated carbocycles. The average molecular weight is 444 g/mol. The van der Waals surface area contributed by atoms with Gasteiger partial charge in [0.05, 0.1) is 11.7 Å². The Balaban J connectivity index is 1.86. The summed E-state index contributed by atoms with van der Waals surface area (Å²) < 4.78 is 33.5. The highest BCUT2D eigenvalue weighted by atomic mass is 19.1. The fourth-order valence-electron chi connectivity index (χ4n) is 3.71. The van der Waals surface area contributed by atoms with Crippen LogP contribution in [0.3, 0.4) is 0 Å². The normalized spacial score (nSPS) is 18.7. The minimum absolute atomic E-state index is 0.0578. The zero-order chi connectivity index (χ0) is 23.6. The van der Waals surface area contributed by atoms with Crippen molar-refractivity contribution in [3.63, 3.8) is 0 Å². The van der Waals surface area contributed by atoms with E-state index in [1.807, 2.05) is 11.8 Å². The number of nitrogen functional groups attached to an aromatic ring is 1. The number of carbonyl (C=O) groups is 1. The molecule has 10 heteroatoms. The topological polar surface area (TPSA) is 117 Å². The lowest BCUT2D eigenvalue weighted by Gasteiger charge is -2.37. The van der Waals surface area contributed by atoms with Crippen LogP contribution in [0, 0.1) is 28.9 Å². The van der Waals surface area contributed by atoms with Gasteiger partial charge in [0.2, 0.25) is 5.95 Å². The van der Waals surface area contributed by atoms with Crippen LogP contribution < -0.4 is 16.0 Å². The molecule has 0 spiro atoms. The molecule has 1 aliphatic heterocycles. The van der Waals surface area contributed by atoms with Gasteiger partial charge in [0.15, 0.2) is 0 Å². The van der Waals surface area contributed by atoms with Crippen LogP contribution in [0.15, 0.2) is 18.2 Å². The molecule has 1 saturated heterocycles. The van der Waals surface area contributed by atoms with Crippen LogP contribution in [0.2, 0.25) is 0 Å². The number of halogens is 2. The first kappa shape index (κ1) is 23.2. The number of nitrogens with two attached hydrogens (primary N) is 1. The first-order valence-electron chi connectivity index (χ1n) is 10.2. The summed E-state index contributed by atoms with van der Waals surface area (Å²) in [6, 6.07) is 4.98. The fourth-order valence-corrected chi connectivity index (χ4v) is 3.71. The summed E-state index contributed by atoms with van der Waals surface area (Å²) in [7, 11) is 0. The second kappa shape index (κ2) is 8.94. The zero-order valence-electron chi connectivity index (χ0n) is 18.4. The number of nitrogens with one attached hydrogen (secondary N) is 1. The smallest absolute Gasteiger partial charge is 0.407 e. The SMILES string of the molecule is C[C@@H]1C[C@@H](NC(=O)OC(C)(C)C)CN(c2cc(-c3cc(F)c(C#N)c(F)c3)nc(N)n2)C1. The van der Waals surface area contributed by atoms with Gasteiger partial charge in [-0.15, -0.1) is 0 Å². The Morgan fingerprint density at radius 1 is 1.25 bits per heavy atom. The third-order valence-corrected chi connectivity index (χ3v) is 4.88. The summed E-state index contributed by atoms with van der Waals surface area (Å²) in [5.41, 5.74) is 4.98. The number of nitrogens with zero attached hydrogens (tertiary/aromatic N) is 4. The molecule has 3 rings (SSSR count). The Morgan fingerprint density at radius 2 is 1.91 bits per heavy atom. The van der Waals surface area contributed by atoms with Crippen LogP contribution in [-0.2, 0) is 4.74 Å². The summed E-state index contributed by atoms with van der Waals surface area (Å²) in [5.74, 6) is -1.31. The number of rotatable bonds is 3. The first-order valence-corrected chi connectivity index (χ1v) is 10.2. The lowest BCUT2D eigenvalue weighted by molar-refractivity contribution is 0.0495. The summed E-state index contributed by atoms with van der Waals surface area (Å²) in [5, 5.41) is 11.8. The molecule has 0 unspecified atom stereocenters. The molecule has 0 aliphatic carbocycles. The van der Waals surface area contributed by atoms with Crippen molar-refractivity contribution in [1.82, 2.24) is 15.3 Å². The molecular weight excluding hydrogens is 418 g/mol. The quantitative estimate of drug-likeness (QED) is 0.742. The molecule has 2 aromatic rings. The predicted molar refractivity (Wildman–Crippen MR) is 116 cm³/mol. The van der Waals surface area contributed by atoms with E-state index in [2.05, 4.69) is 15.3 Å². The number of piperidine rings is 1. The number of hydrogen-bond acceptors (Lipinski definition) is 7. The number of alkyl carbamates (subject to hydrolysis) is 1. The molecule has 32 heavy (non-hydrogen) atoms. The molecule has 170 valence electrons. The molecule has 0 bridgehead atoms. The molecule has 1 aliphatic rings. The van der Waals surface area contributed by atoms with Gasteiger partial charge in [-0.2, -0.15) is 10.2 Å². The number of aromatic nitrogens is 2. The number of benzene rings is 1. The maximum atomic E-state index is 14.1. The molecule has 2 heterocycles. The van der Waals surface area contributed by atoms with Crippen molar-refractivity contribution in [1.29, 1.82) is 5.26 Å². The molecular formula is C22H26F2N6O2. The van der Waals surface area contributed by atoms with Gasteiger partial charge in [-0.05, 0) is 45.2 Å². The summed E-state index contributed by atoms with van der Waals surface area (Å²) >= 11 is 0. The Morgan fingerprint density at radius 3 is 2.50 bits per heavy atom. The van der Waals surface area contributed by atoms with Crippen molar-refractivity contribution in [2.24, 2.45) is 5.92 Å². The number of carbonyl (C=O) groups excluding carboxylic acids is 1. The highest BCUT2D eigenvalue weighted by molar-refractivity contribution is 5.69. The number of anilines is 2. The van der Waals surface area contributed by atoms with Crippen LogP contribution in [-0.4, -0.2) is 40.8 Å². The van der Waals surface area contributed by atoms with E-state index in [1.165, 1.54) is 6.07 Å². The fraction of sp³-hybridized carbons (Fsp3) is 0.455. The van der Waals surface area contributed by atoms with Gasteiger partial charge < -0.3 is 20.7 Å². The maximum absolute atomic E-state index is 14.1. The standard InChI is InChI=1S/C22H26F2N6O2/c1-12-5-14(27-21(31)32-22(2,3)4)11-30(10-12)19-8-18(28-20(26)29-19)13-6-16(23)15(9-25)17(24)7-13/h6-8,12,14H,5,10-11H2,1-4H3,(H,27,31)(H2,26,28,29)/t12-,14-/m1/s1.